The zero-order valence-electron chi connectivity index (χ0n) is 12.1. The molecule has 0 bridgehead atoms. The zero-order chi connectivity index (χ0) is 14.8. The Labute approximate surface area is 132 Å². The fourth-order valence-corrected chi connectivity index (χ4v) is 2.91. The third-order valence-corrected chi connectivity index (χ3v) is 3.90. The van der Waals surface area contributed by atoms with E-state index >= 15 is 0 Å². The van der Waals surface area contributed by atoms with Gasteiger partial charge in [-0.2, -0.15) is 4.98 Å². The smallest absolute Gasteiger partial charge is 0.229 e. The molecule has 0 aliphatic heterocycles. The molecule has 1 aromatic heterocycles. The second-order valence-corrected chi connectivity index (χ2v) is 6.27. The summed E-state index contributed by atoms with van der Waals surface area (Å²) in [5, 5.41) is 7.13. The van der Waals surface area contributed by atoms with E-state index in [2.05, 4.69) is 37.5 Å². The van der Waals surface area contributed by atoms with Gasteiger partial charge in [0, 0.05) is 22.5 Å². The van der Waals surface area contributed by atoms with Crippen LogP contribution in [0.3, 0.4) is 0 Å². The Hall–Kier alpha value is -1.40. The summed E-state index contributed by atoms with van der Waals surface area (Å²) in [6.07, 6.45) is 2.31. The van der Waals surface area contributed by atoms with Crippen molar-refractivity contribution in [3.63, 3.8) is 0 Å². The molecule has 112 valence electrons. The van der Waals surface area contributed by atoms with Crippen LogP contribution in [-0.2, 0) is 13.2 Å². The monoisotopic (exact) mass is 351 g/mol. The fraction of sp³-hybridized carbons (Fsp3) is 0.467. The van der Waals surface area contributed by atoms with Gasteiger partial charge in [-0.25, -0.2) is 0 Å². The Balaban J connectivity index is 1.73. The maximum Gasteiger partial charge on any atom is 0.229 e. The molecule has 0 spiro atoms. The summed E-state index contributed by atoms with van der Waals surface area (Å²) >= 11 is 3.52. The van der Waals surface area contributed by atoms with Crippen molar-refractivity contribution in [2.24, 2.45) is 0 Å². The predicted octanol–water partition coefficient (Wildman–Crippen LogP) is 3.32. The van der Waals surface area contributed by atoms with Crippen LogP contribution in [0.1, 0.15) is 41.6 Å². The quantitative estimate of drug-likeness (QED) is 0.864. The molecular weight excluding hydrogens is 334 g/mol. The highest BCUT2D eigenvalue weighted by Crippen LogP contribution is 2.38. The molecule has 21 heavy (non-hydrogen) atoms. The van der Waals surface area contributed by atoms with E-state index in [0.29, 0.717) is 18.3 Å². The van der Waals surface area contributed by atoms with Crippen molar-refractivity contribution in [2.45, 2.75) is 38.8 Å². The van der Waals surface area contributed by atoms with Gasteiger partial charge in [0.05, 0.1) is 0 Å². The molecular formula is C15H18BrN3O2. The molecule has 0 atom stereocenters. The maximum absolute atomic E-state index is 5.93. The SMILES string of the molecule is CNCc1cc(Br)cc(C)c1OCc1noc(C2CC2)n1. The molecule has 1 saturated carbocycles. The molecule has 5 nitrogen and oxygen atoms in total. The van der Waals surface area contributed by atoms with Crippen LogP contribution in [0.2, 0.25) is 0 Å². The molecule has 1 fully saturated rings. The second-order valence-electron chi connectivity index (χ2n) is 5.35. The molecule has 1 heterocycles. The minimum Gasteiger partial charge on any atom is -0.485 e. The highest BCUT2D eigenvalue weighted by Gasteiger charge is 2.29. The van der Waals surface area contributed by atoms with E-state index in [1.807, 2.05) is 20.0 Å². The van der Waals surface area contributed by atoms with Crippen LogP contribution < -0.4 is 10.1 Å². The Morgan fingerprint density at radius 3 is 2.95 bits per heavy atom. The van der Waals surface area contributed by atoms with Gasteiger partial charge in [0.15, 0.2) is 6.61 Å². The molecule has 0 saturated heterocycles. The minimum atomic E-state index is 0.329. The van der Waals surface area contributed by atoms with Crippen LogP contribution in [0.5, 0.6) is 5.75 Å². The summed E-state index contributed by atoms with van der Waals surface area (Å²) in [5.41, 5.74) is 2.19. The van der Waals surface area contributed by atoms with Crippen LogP contribution in [0.25, 0.3) is 0 Å². The largest absolute Gasteiger partial charge is 0.485 e. The first-order valence-corrected chi connectivity index (χ1v) is 7.85. The van der Waals surface area contributed by atoms with Crippen molar-refractivity contribution in [1.29, 1.82) is 0 Å². The van der Waals surface area contributed by atoms with Gasteiger partial charge in [0.2, 0.25) is 11.7 Å². The average Bonchev–Trinajstić information content (AvgIpc) is 3.18. The lowest BCUT2D eigenvalue weighted by Crippen LogP contribution is -2.09. The van der Waals surface area contributed by atoms with Crippen molar-refractivity contribution >= 4 is 15.9 Å². The van der Waals surface area contributed by atoms with E-state index in [1.54, 1.807) is 0 Å². The van der Waals surface area contributed by atoms with Gasteiger partial charge >= 0.3 is 0 Å². The Morgan fingerprint density at radius 1 is 1.43 bits per heavy atom. The Bertz CT molecular complexity index is 638. The van der Waals surface area contributed by atoms with E-state index in [1.165, 1.54) is 0 Å². The summed E-state index contributed by atoms with van der Waals surface area (Å²) in [4.78, 5) is 4.38. The fourth-order valence-electron chi connectivity index (χ4n) is 2.29. The molecule has 0 radical (unpaired) electrons. The van der Waals surface area contributed by atoms with Gasteiger partial charge in [-0.05, 0) is 44.5 Å². The highest BCUT2D eigenvalue weighted by atomic mass is 79.9. The van der Waals surface area contributed by atoms with Crippen LogP contribution in [0.4, 0.5) is 0 Å². The van der Waals surface area contributed by atoms with Gasteiger partial charge in [-0.3, -0.25) is 0 Å². The number of rotatable bonds is 6. The second kappa shape index (κ2) is 6.15. The van der Waals surface area contributed by atoms with Gasteiger partial charge in [0.1, 0.15) is 5.75 Å². The number of aryl methyl sites for hydroxylation is 1. The van der Waals surface area contributed by atoms with Crippen LogP contribution in [-0.4, -0.2) is 17.2 Å². The summed E-state index contributed by atoms with van der Waals surface area (Å²) in [7, 11) is 1.92. The molecule has 3 rings (SSSR count). The van der Waals surface area contributed by atoms with E-state index in [9.17, 15) is 0 Å². The van der Waals surface area contributed by atoms with Crippen molar-refractivity contribution in [1.82, 2.24) is 15.5 Å². The van der Waals surface area contributed by atoms with Crippen LogP contribution in [0, 0.1) is 6.92 Å². The third kappa shape index (κ3) is 3.44. The molecule has 1 N–H and O–H groups in total. The minimum absolute atomic E-state index is 0.329. The number of nitrogens with zero attached hydrogens (tertiary/aromatic N) is 2. The third-order valence-electron chi connectivity index (χ3n) is 3.44. The molecule has 1 aliphatic carbocycles. The first kappa shape index (κ1) is 14.5. The number of ether oxygens (including phenoxy) is 1. The van der Waals surface area contributed by atoms with Gasteiger partial charge in [0.25, 0.3) is 0 Å². The standard InChI is InChI=1S/C15H18BrN3O2/c1-9-5-12(16)6-11(7-17-2)14(9)20-8-13-18-15(21-19-13)10-3-4-10/h5-6,10,17H,3-4,7-8H2,1-2H3. The molecule has 1 aliphatic rings. The molecule has 0 amide bonds. The zero-order valence-corrected chi connectivity index (χ0v) is 13.7. The lowest BCUT2D eigenvalue weighted by Gasteiger charge is -2.13. The first-order valence-electron chi connectivity index (χ1n) is 7.06. The lowest BCUT2D eigenvalue weighted by atomic mass is 10.1. The number of benzene rings is 1. The first-order chi connectivity index (χ1) is 10.2. The molecule has 1 aromatic carbocycles. The van der Waals surface area contributed by atoms with E-state index < -0.39 is 0 Å². The van der Waals surface area contributed by atoms with Gasteiger partial charge in [-0.1, -0.05) is 21.1 Å². The molecule has 0 unspecified atom stereocenters. The van der Waals surface area contributed by atoms with Gasteiger partial charge in [-0.15, -0.1) is 0 Å². The van der Waals surface area contributed by atoms with Crippen molar-refractivity contribution in [3.05, 3.63) is 39.4 Å². The molecule has 6 heteroatoms. The normalized spacial score (nSPS) is 14.4. The molecule has 2 aromatic rings. The number of aromatic nitrogens is 2. The number of hydrogen-bond donors (Lipinski definition) is 1. The Kier molecular flexibility index (Phi) is 4.26. The Morgan fingerprint density at radius 2 is 2.24 bits per heavy atom. The van der Waals surface area contributed by atoms with E-state index in [0.717, 1.165) is 46.6 Å². The van der Waals surface area contributed by atoms with Crippen molar-refractivity contribution in [3.8, 4) is 5.75 Å². The van der Waals surface area contributed by atoms with Crippen molar-refractivity contribution in [2.75, 3.05) is 7.05 Å². The number of nitrogens with one attached hydrogen (secondary N) is 1. The van der Waals surface area contributed by atoms with Crippen molar-refractivity contribution < 1.29 is 9.26 Å². The summed E-state index contributed by atoms with van der Waals surface area (Å²) in [6.45, 7) is 3.11. The lowest BCUT2D eigenvalue weighted by molar-refractivity contribution is 0.280. The topological polar surface area (TPSA) is 60.2 Å². The summed E-state index contributed by atoms with van der Waals surface area (Å²) in [6, 6.07) is 4.10. The summed E-state index contributed by atoms with van der Waals surface area (Å²) < 4.78 is 12.2. The average molecular weight is 352 g/mol. The number of halogens is 1. The van der Waals surface area contributed by atoms with Crippen LogP contribution in [0.15, 0.2) is 21.1 Å². The predicted molar refractivity (Wildman–Crippen MR) is 82.2 cm³/mol. The number of hydrogen-bond acceptors (Lipinski definition) is 5. The summed E-state index contributed by atoms with van der Waals surface area (Å²) in [5.74, 6) is 2.71. The van der Waals surface area contributed by atoms with E-state index in [-0.39, 0.29) is 0 Å². The van der Waals surface area contributed by atoms with Crippen LogP contribution >= 0.6 is 15.9 Å². The highest BCUT2D eigenvalue weighted by molar-refractivity contribution is 9.10. The maximum atomic E-state index is 5.93. The van der Waals surface area contributed by atoms with Gasteiger partial charge < -0.3 is 14.6 Å². The van der Waals surface area contributed by atoms with E-state index in [4.69, 9.17) is 9.26 Å².